The summed E-state index contributed by atoms with van der Waals surface area (Å²) in [6.07, 6.45) is 4.82. The first-order valence-corrected chi connectivity index (χ1v) is 6.41. The molecule has 0 bridgehead atoms. The summed E-state index contributed by atoms with van der Waals surface area (Å²) < 4.78 is 0. The third kappa shape index (κ3) is 4.12. The van der Waals surface area contributed by atoms with Crippen LogP contribution in [0.4, 0.5) is 0 Å². The number of H-pyrrole nitrogens is 1. The fourth-order valence-electron chi connectivity index (χ4n) is 1.62. The summed E-state index contributed by atoms with van der Waals surface area (Å²) in [6.45, 7) is 1.81. The van der Waals surface area contributed by atoms with Gasteiger partial charge in [0.15, 0.2) is 0 Å². The first-order valence-electron chi connectivity index (χ1n) is 6.41. The van der Waals surface area contributed by atoms with E-state index in [0.717, 1.165) is 0 Å². The van der Waals surface area contributed by atoms with Gasteiger partial charge in [-0.25, -0.2) is 4.98 Å². The van der Waals surface area contributed by atoms with E-state index in [1.165, 1.54) is 12.5 Å². The average Bonchev–Trinajstić information content (AvgIpc) is 3.02. The average molecular weight is 285 g/mol. The predicted octanol–water partition coefficient (Wildman–Crippen LogP) is 0.425. The van der Waals surface area contributed by atoms with Crippen LogP contribution in [0.1, 0.15) is 41.1 Å². The minimum absolute atomic E-state index is 0.00923. The lowest BCUT2D eigenvalue weighted by molar-refractivity contribution is 0.0938. The molecule has 0 saturated carbocycles. The van der Waals surface area contributed by atoms with Crippen molar-refractivity contribution < 1.29 is 9.90 Å². The Kier molecular flexibility index (Phi) is 5.01. The number of hydrogen-bond acceptors (Lipinski definition) is 5. The van der Waals surface area contributed by atoms with Crippen LogP contribution >= 0.6 is 0 Å². The minimum Gasteiger partial charge on any atom is -0.395 e. The molecule has 0 aliphatic rings. The lowest BCUT2D eigenvalue weighted by Crippen LogP contribution is -2.27. The van der Waals surface area contributed by atoms with Gasteiger partial charge in [-0.1, -0.05) is 11.8 Å². The van der Waals surface area contributed by atoms with Crippen LogP contribution in [0.15, 0.2) is 24.8 Å². The largest absolute Gasteiger partial charge is 0.395 e. The third-order valence-electron chi connectivity index (χ3n) is 2.66. The van der Waals surface area contributed by atoms with Crippen molar-refractivity contribution in [2.45, 2.75) is 19.4 Å². The Balaban J connectivity index is 2.06. The van der Waals surface area contributed by atoms with Gasteiger partial charge in [0.25, 0.3) is 5.91 Å². The molecule has 0 aliphatic heterocycles. The van der Waals surface area contributed by atoms with Gasteiger partial charge in [0.2, 0.25) is 0 Å². The van der Waals surface area contributed by atoms with Gasteiger partial charge in [-0.2, -0.15) is 5.10 Å². The van der Waals surface area contributed by atoms with Crippen LogP contribution in [-0.2, 0) is 0 Å². The first-order chi connectivity index (χ1) is 10.2. The highest BCUT2D eigenvalue weighted by Gasteiger charge is 2.13. The summed E-state index contributed by atoms with van der Waals surface area (Å²) in [7, 11) is 0. The summed E-state index contributed by atoms with van der Waals surface area (Å²) in [5.41, 5.74) is 1.04. The topological polar surface area (TPSA) is 104 Å². The summed E-state index contributed by atoms with van der Waals surface area (Å²) in [6, 6.07) is 1.36. The lowest BCUT2D eigenvalue weighted by Gasteiger charge is -2.10. The number of rotatable bonds is 4. The molecule has 0 spiro atoms. The molecule has 0 aliphatic carbocycles. The molecule has 108 valence electrons. The molecule has 2 aromatic rings. The summed E-state index contributed by atoms with van der Waals surface area (Å²) in [5, 5.41) is 17.9. The molecule has 0 fully saturated rings. The maximum absolute atomic E-state index is 12.1. The van der Waals surface area contributed by atoms with Gasteiger partial charge in [-0.05, 0) is 13.0 Å². The van der Waals surface area contributed by atoms with Crippen molar-refractivity contribution in [3.63, 3.8) is 0 Å². The van der Waals surface area contributed by atoms with Crippen molar-refractivity contribution in [1.29, 1.82) is 0 Å². The number of nitrogens with zero attached hydrogens (tertiary/aromatic N) is 3. The van der Waals surface area contributed by atoms with Crippen LogP contribution in [-0.4, -0.2) is 37.8 Å². The standard InChI is InChI=1S/C14H15N5O2/c1-10(13-16-9-17-19-13)18-14(21)12-6-11(7-15-8-12)4-2-3-5-20/h6-10,20H,3,5H2,1H3,(H,18,21)(H,16,17,19). The van der Waals surface area contributed by atoms with Gasteiger partial charge in [0, 0.05) is 24.4 Å². The smallest absolute Gasteiger partial charge is 0.253 e. The maximum atomic E-state index is 12.1. The van der Waals surface area contributed by atoms with Crippen molar-refractivity contribution in [3.8, 4) is 11.8 Å². The van der Waals surface area contributed by atoms with Crippen LogP contribution in [0.5, 0.6) is 0 Å². The van der Waals surface area contributed by atoms with Crippen molar-refractivity contribution >= 4 is 5.91 Å². The van der Waals surface area contributed by atoms with Gasteiger partial charge in [0.05, 0.1) is 18.2 Å². The summed E-state index contributed by atoms with van der Waals surface area (Å²) >= 11 is 0. The van der Waals surface area contributed by atoms with Crippen LogP contribution in [0.3, 0.4) is 0 Å². The Morgan fingerprint density at radius 1 is 1.52 bits per heavy atom. The molecule has 0 aromatic carbocycles. The molecule has 0 radical (unpaired) electrons. The zero-order valence-corrected chi connectivity index (χ0v) is 11.5. The highest BCUT2D eigenvalue weighted by Crippen LogP contribution is 2.07. The quantitative estimate of drug-likeness (QED) is 0.706. The zero-order valence-electron chi connectivity index (χ0n) is 11.5. The Bertz CT molecular complexity index is 657. The Hall–Kier alpha value is -2.72. The van der Waals surface area contributed by atoms with Gasteiger partial charge in [0.1, 0.15) is 12.2 Å². The molecule has 7 nitrogen and oxygen atoms in total. The van der Waals surface area contributed by atoms with E-state index in [0.29, 0.717) is 23.4 Å². The molecular weight excluding hydrogens is 270 g/mol. The van der Waals surface area contributed by atoms with E-state index in [1.807, 2.05) is 0 Å². The Morgan fingerprint density at radius 2 is 2.38 bits per heavy atom. The second-order valence-electron chi connectivity index (χ2n) is 4.30. The number of pyridine rings is 1. The predicted molar refractivity (Wildman–Crippen MR) is 75.1 cm³/mol. The molecule has 21 heavy (non-hydrogen) atoms. The Morgan fingerprint density at radius 3 is 3.10 bits per heavy atom. The van der Waals surface area contributed by atoms with Gasteiger partial charge >= 0.3 is 0 Å². The molecular formula is C14H15N5O2. The van der Waals surface area contributed by atoms with E-state index in [-0.39, 0.29) is 18.6 Å². The third-order valence-corrected chi connectivity index (χ3v) is 2.66. The highest BCUT2D eigenvalue weighted by molar-refractivity contribution is 5.94. The number of carbonyl (C=O) groups is 1. The molecule has 1 atom stereocenters. The molecule has 1 amide bonds. The fourth-order valence-corrected chi connectivity index (χ4v) is 1.62. The van der Waals surface area contributed by atoms with Crippen LogP contribution < -0.4 is 5.32 Å². The normalized spacial score (nSPS) is 11.3. The second-order valence-corrected chi connectivity index (χ2v) is 4.30. The van der Waals surface area contributed by atoms with Gasteiger partial charge in [-0.15, -0.1) is 0 Å². The minimum atomic E-state index is -0.288. The van der Waals surface area contributed by atoms with Crippen LogP contribution in [0.2, 0.25) is 0 Å². The van der Waals surface area contributed by atoms with E-state index in [9.17, 15) is 4.79 Å². The van der Waals surface area contributed by atoms with E-state index in [1.54, 1.807) is 19.2 Å². The molecule has 1 unspecified atom stereocenters. The zero-order chi connectivity index (χ0) is 15.1. The van der Waals surface area contributed by atoms with Crippen LogP contribution in [0.25, 0.3) is 0 Å². The van der Waals surface area contributed by atoms with E-state index in [2.05, 4.69) is 37.3 Å². The lowest BCUT2D eigenvalue weighted by atomic mass is 10.2. The maximum Gasteiger partial charge on any atom is 0.253 e. The first kappa shape index (κ1) is 14.7. The summed E-state index contributed by atoms with van der Waals surface area (Å²) in [5.74, 6) is 5.94. The molecule has 7 heteroatoms. The SMILES string of the molecule is CC(NC(=O)c1cncc(C#CCCO)c1)c1ncn[nH]1. The molecule has 0 saturated heterocycles. The van der Waals surface area contributed by atoms with Gasteiger partial charge in [-0.3, -0.25) is 14.9 Å². The van der Waals surface area contributed by atoms with E-state index in [4.69, 9.17) is 5.11 Å². The van der Waals surface area contributed by atoms with Crippen LogP contribution in [0, 0.1) is 11.8 Å². The number of aromatic amines is 1. The van der Waals surface area contributed by atoms with E-state index < -0.39 is 0 Å². The van der Waals surface area contributed by atoms with Crippen molar-refractivity contribution in [3.05, 3.63) is 41.7 Å². The highest BCUT2D eigenvalue weighted by atomic mass is 16.2. The molecule has 2 rings (SSSR count). The molecule has 2 aromatic heterocycles. The number of aliphatic hydroxyl groups excluding tert-OH is 1. The monoisotopic (exact) mass is 285 g/mol. The number of aliphatic hydroxyl groups is 1. The number of amides is 1. The van der Waals surface area contributed by atoms with Gasteiger partial charge < -0.3 is 10.4 Å². The van der Waals surface area contributed by atoms with Crippen molar-refractivity contribution in [1.82, 2.24) is 25.5 Å². The number of aromatic nitrogens is 4. The van der Waals surface area contributed by atoms with E-state index >= 15 is 0 Å². The van der Waals surface area contributed by atoms with Crippen molar-refractivity contribution in [2.75, 3.05) is 6.61 Å². The summed E-state index contributed by atoms with van der Waals surface area (Å²) in [4.78, 5) is 20.1. The molecule has 2 heterocycles. The molecule has 3 N–H and O–H groups in total. The number of nitrogens with one attached hydrogen (secondary N) is 2. The Labute approximate surface area is 121 Å². The van der Waals surface area contributed by atoms with Crippen molar-refractivity contribution in [2.24, 2.45) is 0 Å². The fraction of sp³-hybridized carbons (Fsp3) is 0.286. The second kappa shape index (κ2) is 7.17. The number of hydrogen-bond donors (Lipinski definition) is 3. The number of carbonyl (C=O) groups excluding carboxylic acids is 1.